The van der Waals surface area contributed by atoms with Crippen LogP contribution in [0.15, 0.2) is 42.9 Å². The zero-order valence-corrected chi connectivity index (χ0v) is 18.3. The number of nitrogens with zero attached hydrogens (tertiary/aromatic N) is 3. The Morgan fingerprint density at radius 2 is 1.82 bits per heavy atom. The molecule has 0 aliphatic carbocycles. The third-order valence-corrected chi connectivity index (χ3v) is 5.09. The smallest absolute Gasteiger partial charge is 0.404 e. The Morgan fingerprint density at radius 1 is 1.06 bits per heavy atom. The van der Waals surface area contributed by atoms with Crippen LogP contribution < -0.4 is 25.3 Å². The predicted molar refractivity (Wildman–Crippen MR) is 124 cm³/mol. The van der Waals surface area contributed by atoms with Crippen LogP contribution in [0.1, 0.15) is 6.92 Å². The maximum absolute atomic E-state index is 10.8. The number of nitrogens with two attached hydrogens (primary N) is 1. The molecule has 0 radical (unpaired) electrons. The number of rotatable bonds is 7. The average Bonchev–Trinajstić information content (AvgIpc) is 2.81. The number of hydrogen-bond donors (Lipinski definition) is 3. The molecule has 1 unspecified atom stereocenters. The summed E-state index contributed by atoms with van der Waals surface area (Å²) in [5.74, 6) is 1.98. The second-order valence-electron chi connectivity index (χ2n) is 7.41. The van der Waals surface area contributed by atoms with E-state index in [-0.39, 0.29) is 12.6 Å². The van der Waals surface area contributed by atoms with Crippen LogP contribution in [0.4, 0.5) is 10.6 Å². The summed E-state index contributed by atoms with van der Waals surface area (Å²) in [7, 11) is 3.15. The highest BCUT2D eigenvalue weighted by Gasteiger charge is 2.14. The zero-order chi connectivity index (χ0) is 23.5. The summed E-state index contributed by atoms with van der Waals surface area (Å²) < 4.78 is 16.5. The van der Waals surface area contributed by atoms with Crippen molar-refractivity contribution in [3.8, 4) is 28.5 Å². The molecule has 1 atom stereocenters. The molecule has 170 valence electrons. The van der Waals surface area contributed by atoms with Crippen molar-refractivity contribution in [2.24, 2.45) is 0 Å². The van der Waals surface area contributed by atoms with Gasteiger partial charge in [-0.15, -0.1) is 0 Å². The van der Waals surface area contributed by atoms with Crippen molar-refractivity contribution in [2.45, 2.75) is 13.0 Å². The van der Waals surface area contributed by atoms with Gasteiger partial charge in [-0.2, -0.15) is 0 Å². The SMILES string of the molecule is COc1cc2ncc3c(N)nc(-c4cncc(OCC(C)NC(=O)O)c4)cc3c2cc1OC. The van der Waals surface area contributed by atoms with Crippen molar-refractivity contribution >= 4 is 33.6 Å². The number of nitrogen functional groups attached to an aromatic ring is 1. The first kappa shape index (κ1) is 21.9. The van der Waals surface area contributed by atoms with Crippen LogP contribution in [0, 0.1) is 0 Å². The summed E-state index contributed by atoms with van der Waals surface area (Å²) >= 11 is 0. The molecule has 3 aromatic heterocycles. The van der Waals surface area contributed by atoms with Gasteiger partial charge in [-0.25, -0.2) is 9.78 Å². The number of anilines is 1. The van der Waals surface area contributed by atoms with E-state index in [1.54, 1.807) is 45.8 Å². The van der Waals surface area contributed by atoms with E-state index in [0.717, 1.165) is 16.3 Å². The number of benzene rings is 1. The Labute approximate surface area is 189 Å². The fraction of sp³-hybridized carbons (Fsp3) is 0.217. The fourth-order valence-electron chi connectivity index (χ4n) is 3.52. The first-order valence-electron chi connectivity index (χ1n) is 10.1. The van der Waals surface area contributed by atoms with Crippen LogP contribution >= 0.6 is 0 Å². The largest absolute Gasteiger partial charge is 0.493 e. The van der Waals surface area contributed by atoms with Gasteiger partial charge in [0.1, 0.15) is 18.2 Å². The van der Waals surface area contributed by atoms with Crippen molar-refractivity contribution in [1.82, 2.24) is 20.3 Å². The number of aromatic nitrogens is 3. The van der Waals surface area contributed by atoms with Crippen LogP contribution in [0.25, 0.3) is 32.9 Å². The summed E-state index contributed by atoms with van der Waals surface area (Å²) in [6.45, 7) is 1.86. The second kappa shape index (κ2) is 9.03. The first-order chi connectivity index (χ1) is 15.9. The molecular formula is C23H23N5O5. The van der Waals surface area contributed by atoms with Crippen molar-refractivity contribution in [2.75, 3.05) is 26.6 Å². The number of carbonyl (C=O) groups is 1. The molecule has 33 heavy (non-hydrogen) atoms. The predicted octanol–water partition coefficient (Wildman–Crippen LogP) is 3.48. The van der Waals surface area contributed by atoms with Crippen molar-refractivity contribution in [3.63, 3.8) is 0 Å². The number of carboxylic acid groups (broad SMARTS) is 1. The summed E-state index contributed by atoms with van der Waals surface area (Å²) in [6.07, 6.45) is 3.79. The number of pyridine rings is 3. The number of nitrogens with one attached hydrogen (secondary N) is 1. The van der Waals surface area contributed by atoms with E-state index >= 15 is 0 Å². The highest BCUT2D eigenvalue weighted by molar-refractivity contribution is 6.10. The fourth-order valence-corrected chi connectivity index (χ4v) is 3.52. The van der Waals surface area contributed by atoms with Gasteiger partial charge < -0.3 is 30.4 Å². The van der Waals surface area contributed by atoms with Gasteiger partial charge in [0.05, 0.1) is 37.7 Å². The first-order valence-corrected chi connectivity index (χ1v) is 10.1. The van der Waals surface area contributed by atoms with Crippen LogP contribution in [0.5, 0.6) is 17.2 Å². The minimum absolute atomic E-state index is 0.155. The molecule has 10 heteroatoms. The summed E-state index contributed by atoms with van der Waals surface area (Å²) in [5, 5.41) is 13.6. The van der Waals surface area contributed by atoms with E-state index in [1.807, 2.05) is 18.2 Å². The standard InChI is InChI=1S/C23H23N5O5/c1-12(27-23(29)30)11-33-14-4-13(8-25-9-14)18-5-15-16-6-20(31-2)21(32-3)7-19(16)26-10-17(15)22(24)28-18/h4-10,12,27H,11H2,1-3H3,(H2,24,28)(H,29,30). The minimum Gasteiger partial charge on any atom is -0.493 e. The van der Waals surface area contributed by atoms with E-state index in [2.05, 4.69) is 20.3 Å². The van der Waals surface area contributed by atoms with Gasteiger partial charge >= 0.3 is 6.09 Å². The van der Waals surface area contributed by atoms with Gasteiger partial charge in [-0.05, 0) is 30.5 Å². The van der Waals surface area contributed by atoms with Crippen molar-refractivity contribution in [1.29, 1.82) is 0 Å². The van der Waals surface area contributed by atoms with E-state index < -0.39 is 6.09 Å². The molecule has 4 rings (SSSR count). The van der Waals surface area contributed by atoms with Gasteiger partial charge in [0.25, 0.3) is 0 Å². The molecule has 3 heterocycles. The highest BCUT2D eigenvalue weighted by Crippen LogP contribution is 2.37. The zero-order valence-electron chi connectivity index (χ0n) is 18.3. The van der Waals surface area contributed by atoms with Gasteiger partial charge in [-0.1, -0.05) is 0 Å². The van der Waals surface area contributed by atoms with Crippen LogP contribution in [-0.4, -0.2) is 53.0 Å². The van der Waals surface area contributed by atoms with E-state index in [9.17, 15) is 4.79 Å². The number of methoxy groups -OCH3 is 2. The minimum atomic E-state index is -1.11. The number of hydrogen-bond acceptors (Lipinski definition) is 8. The highest BCUT2D eigenvalue weighted by atomic mass is 16.5. The van der Waals surface area contributed by atoms with Gasteiger partial charge in [-0.3, -0.25) is 9.97 Å². The monoisotopic (exact) mass is 449 g/mol. The van der Waals surface area contributed by atoms with Crippen LogP contribution in [-0.2, 0) is 0 Å². The Hall–Kier alpha value is -4.34. The van der Waals surface area contributed by atoms with E-state index in [4.69, 9.17) is 25.1 Å². The molecule has 0 fully saturated rings. The number of amides is 1. The molecule has 4 aromatic rings. The molecule has 1 aromatic carbocycles. The summed E-state index contributed by atoms with van der Waals surface area (Å²) in [4.78, 5) is 24.0. The number of fused-ring (bicyclic) bond motifs is 3. The third kappa shape index (κ3) is 4.49. The van der Waals surface area contributed by atoms with Gasteiger partial charge in [0, 0.05) is 34.8 Å². The summed E-state index contributed by atoms with van der Waals surface area (Å²) in [5.41, 5.74) is 8.31. The van der Waals surface area contributed by atoms with Crippen LogP contribution in [0.2, 0.25) is 0 Å². The molecule has 1 amide bonds. The molecule has 0 aliphatic rings. The Morgan fingerprint density at radius 3 is 2.55 bits per heavy atom. The lowest BCUT2D eigenvalue weighted by Crippen LogP contribution is -2.35. The quantitative estimate of drug-likeness (QED) is 0.361. The Balaban J connectivity index is 1.75. The lowest BCUT2D eigenvalue weighted by molar-refractivity contribution is 0.183. The lowest BCUT2D eigenvalue weighted by Gasteiger charge is -2.14. The number of ether oxygens (including phenoxy) is 3. The molecule has 0 aliphatic heterocycles. The molecular weight excluding hydrogens is 426 g/mol. The van der Waals surface area contributed by atoms with Gasteiger partial charge in [0.15, 0.2) is 11.5 Å². The molecule has 4 N–H and O–H groups in total. The average molecular weight is 449 g/mol. The Kier molecular flexibility index (Phi) is 5.99. The maximum atomic E-state index is 10.8. The van der Waals surface area contributed by atoms with Crippen molar-refractivity contribution < 1.29 is 24.1 Å². The maximum Gasteiger partial charge on any atom is 0.404 e. The molecule has 0 saturated carbocycles. The second-order valence-corrected chi connectivity index (χ2v) is 7.41. The van der Waals surface area contributed by atoms with E-state index in [0.29, 0.717) is 39.7 Å². The Bertz CT molecular complexity index is 1340. The van der Waals surface area contributed by atoms with Gasteiger partial charge in [0.2, 0.25) is 0 Å². The molecule has 0 bridgehead atoms. The topological polar surface area (TPSA) is 142 Å². The normalized spacial score (nSPS) is 11.8. The molecule has 0 spiro atoms. The molecule has 10 nitrogen and oxygen atoms in total. The van der Waals surface area contributed by atoms with Crippen molar-refractivity contribution in [3.05, 3.63) is 42.9 Å². The molecule has 0 saturated heterocycles. The lowest BCUT2D eigenvalue weighted by atomic mass is 10.0. The summed E-state index contributed by atoms with van der Waals surface area (Å²) in [6, 6.07) is 6.98. The third-order valence-electron chi connectivity index (χ3n) is 5.09. The van der Waals surface area contributed by atoms with E-state index in [1.165, 1.54) is 0 Å². The van der Waals surface area contributed by atoms with Crippen LogP contribution in [0.3, 0.4) is 0 Å².